The molecular formula is C25H20ClF3N2O6. The van der Waals surface area contributed by atoms with Gasteiger partial charge in [-0.2, -0.15) is 13.2 Å². The highest BCUT2D eigenvalue weighted by Crippen LogP contribution is 2.37. The van der Waals surface area contributed by atoms with Gasteiger partial charge in [0.2, 0.25) is 5.91 Å². The highest BCUT2D eigenvalue weighted by Gasteiger charge is 2.31. The van der Waals surface area contributed by atoms with Crippen LogP contribution in [0.25, 0.3) is 0 Å². The van der Waals surface area contributed by atoms with Crippen molar-refractivity contribution in [3.05, 3.63) is 98.6 Å². The van der Waals surface area contributed by atoms with Gasteiger partial charge in [-0.15, -0.1) is 0 Å². The number of halogens is 4. The van der Waals surface area contributed by atoms with Crippen molar-refractivity contribution in [1.29, 1.82) is 0 Å². The van der Waals surface area contributed by atoms with Gasteiger partial charge in [0.1, 0.15) is 11.5 Å². The first-order valence-electron chi connectivity index (χ1n) is 10.8. The van der Waals surface area contributed by atoms with Gasteiger partial charge in [-0.3, -0.25) is 14.9 Å². The van der Waals surface area contributed by atoms with Crippen LogP contribution >= 0.6 is 11.6 Å². The van der Waals surface area contributed by atoms with E-state index in [0.29, 0.717) is 11.6 Å². The van der Waals surface area contributed by atoms with Crippen LogP contribution in [0.2, 0.25) is 5.02 Å². The predicted octanol–water partition coefficient (Wildman–Crippen LogP) is 6.02. The molecule has 0 aliphatic rings. The van der Waals surface area contributed by atoms with Crippen molar-refractivity contribution in [2.75, 3.05) is 6.61 Å². The minimum Gasteiger partial charge on any atom is -0.464 e. The van der Waals surface area contributed by atoms with Crippen molar-refractivity contribution in [3.8, 4) is 11.5 Å². The van der Waals surface area contributed by atoms with E-state index in [1.165, 1.54) is 12.1 Å². The molecule has 12 heteroatoms. The third-order valence-electron chi connectivity index (χ3n) is 5.05. The van der Waals surface area contributed by atoms with Gasteiger partial charge in [0.25, 0.3) is 5.69 Å². The number of hydrogen-bond donors (Lipinski definition) is 1. The molecule has 0 spiro atoms. The summed E-state index contributed by atoms with van der Waals surface area (Å²) in [4.78, 5) is 36.1. The molecule has 1 unspecified atom stereocenters. The van der Waals surface area contributed by atoms with Crippen LogP contribution in [0, 0.1) is 10.1 Å². The number of esters is 1. The molecule has 0 saturated heterocycles. The fraction of sp³-hybridized carbons (Fsp3) is 0.200. The first-order chi connectivity index (χ1) is 17.5. The van der Waals surface area contributed by atoms with E-state index in [0.717, 1.165) is 18.2 Å². The second-order valence-corrected chi connectivity index (χ2v) is 8.04. The second-order valence-electron chi connectivity index (χ2n) is 7.63. The molecule has 0 aliphatic heterocycles. The van der Waals surface area contributed by atoms with Gasteiger partial charge in [-0.1, -0.05) is 41.9 Å². The van der Waals surface area contributed by atoms with Crippen molar-refractivity contribution in [1.82, 2.24) is 5.32 Å². The quantitative estimate of drug-likeness (QED) is 0.203. The third-order valence-corrected chi connectivity index (χ3v) is 5.34. The van der Waals surface area contributed by atoms with Crippen LogP contribution in [0.4, 0.5) is 18.9 Å². The molecule has 194 valence electrons. The minimum absolute atomic E-state index is 0.0000563. The molecule has 8 nitrogen and oxygen atoms in total. The molecule has 1 amide bonds. The molecule has 0 aliphatic carbocycles. The van der Waals surface area contributed by atoms with E-state index in [4.69, 9.17) is 21.1 Å². The van der Waals surface area contributed by atoms with Crippen molar-refractivity contribution < 1.29 is 37.2 Å². The van der Waals surface area contributed by atoms with Crippen molar-refractivity contribution in [2.24, 2.45) is 0 Å². The lowest BCUT2D eigenvalue weighted by Crippen LogP contribution is -2.36. The van der Waals surface area contributed by atoms with E-state index < -0.39 is 46.7 Å². The van der Waals surface area contributed by atoms with E-state index >= 15 is 0 Å². The Morgan fingerprint density at radius 2 is 1.78 bits per heavy atom. The van der Waals surface area contributed by atoms with Gasteiger partial charge >= 0.3 is 12.1 Å². The van der Waals surface area contributed by atoms with Crippen LogP contribution in [0.1, 0.15) is 29.7 Å². The fourth-order valence-electron chi connectivity index (χ4n) is 3.37. The Morgan fingerprint density at radius 3 is 2.38 bits per heavy atom. The highest BCUT2D eigenvalue weighted by molar-refractivity contribution is 6.32. The first-order valence-corrected chi connectivity index (χ1v) is 11.2. The van der Waals surface area contributed by atoms with Crippen LogP contribution < -0.4 is 10.1 Å². The summed E-state index contributed by atoms with van der Waals surface area (Å²) in [5.74, 6) is -1.54. The Hall–Kier alpha value is -4.12. The summed E-state index contributed by atoms with van der Waals surface area (Å²) >= 11 is 5.92. The zero-order valence-electron chi connectivity index (χ0n) is 19.3. The summed E-state index contributed by atoms with van der Waals surface area (Å²) in [5.41, 5.74) is -0.967. The Balaban J connectivity index is 1.84. The molecule has 0 aromatic heterocycles. The Bertz CT molecular complexity index is 1300. The van der Waals surface area contributed by atoms with E-state index in [9.17, 15) is 32.9 Å². The first kappa shape index (κ1) is 27.5. The standard InChI is InChI=1S/C25H20ClF3N2O6/c1-2-36-24(33)23(15-6-4-3-5-7-15)30-22(32)13-16-12-18(9-10-20(16)31(34)35)37-21-11-8-17(14-19(21)26)25(27,28)29/h3-12,14,23H,2,13H2,1H3,(H,30,32). The normalized spacial score (nSPS) is 11.9. The van der Waals surface area contributed by atoms with Crippen LogP contribution in [0.5, 0.6) is 11.5 Å². The van der Waals surface area contributed by atoms with Gasteiger partial charge in [-0.25, -0.2) is 4.79 Å². The number of ether oxygens (including phenoxy) is 2. The zero-order chi connectivity index (χ0) is 27.2. The number of carbonyl (C=O) groups excluding carboxylic acids is 2. The Kier molecular flexibility index (Phi) is 8.72. The average molecular weight is 537 g/mol. The van der Waals surface area contributed by atoms with E-state index in [-0.39, 0.29) is 28.7 Å². The van der Waals surface area contributed by atoms with Crippen LogP contribution in [-0.2, 0) is 26.9 Å². The van der Waals surface area contributed by atoms with Crippen molar-refractivity contribution >= 4 is 29.2 Å². The van der Waals surface area contributed by atoms with Gasteiger partial charge in [0.05, 0.1) is 28.5 Å². The molecule has 3 aromatic carbocycles. The Morgan fingerprint density at radius 1 is 1.08 bits per heavy atom. The molecule has 0 fully saturated rings. The lowest BCUT2D eigenvalue weighted by Gasteiger charge is -2.18. The molecule has 0 heterocycles. The molecule has 0 bridgehead atoms. The molecule has 37 heavy (non-hydrogen) atoms. The molecule has 3 aromatic rings. The van der Waals surface area contributed by atoms with Crippen molar-refractivity contribution in [3.63, 3.8) is 0 Å². The highest BCUT2D eigenvalue weighted by atomic mass is 35.5. The zero-order valence-corrected chi connectivity index (χ0v) is 20.0. The average Bonchev–Trinajstić information content (AvgIpc) is 2.83. The number of rotatable bonds is 9. The number of amides is 1. The lowest BCUT2D eigenvalue weighted by atomic mass is 10.1. The number of alkyl halides is 3. The number of nitrogens with zero attached hydrogens (tertiary/aromatic N) is 1. The molecular weight excluding hydrogens is 517 g/mol. The largest absolute Gasteiger partial charge is 0.464 e. The molecule has 1 atom stereocenters. The van der Waals surface area contributed by atoms with Gasteiger partial charge < -0.3 is 14.8 Å². The number of carbonyl (C=O) groups is 2. The summed E-state index contributed by atoms with van der Waals surface area (Å²) in [6, 6.07) is 13.2. The van der Waals surface area contributed by atoms with Crippen LogP contribution in [0.3, 0.4) is 0 Å². The summed E-state index contributed by atoms with van der Waals surface area (Å²) in [5, 5.41) is 13.7. The molecule has 3 rings (SSSR count). The van der Waals surface area contributed by atoms with Crippen molar-refractivity contribution in [2.45, 2.75) is 25.6 Å². The van der Waals surface area contributed by atoms with Gasteiger partial charge in [-0.05, 0) is 42.8 Å². The van der Waals surface area contributed by atoms with E-state index in [1.54, 1.807) is 37.3 Å². The van der Waals surface area contributed by atoms with E-state index in [2.05, 4.69) is 5.32 Å². The maximum Gasteiger partial charge on any atom is 0.416 e. The summed E-state index contributed by atoms with van der Waals surface area (Å²) in [7, 11) is 0. The number of nitrogens with one attached hydrogen (secondary N) is 1. The lowest BCUT2D eigenvalue weighted by molar-refractivity contribution is -0.385. The summed E-state index contributed by atoms with van der Waals surface area (Å²) in [6.45, 7) is 1.69. The number of nitro groups is 1. The molecule has 1 N–H and O–H groups in total. The predicted molar refractivity (Wildman–Crippen MR) is 127 cm³/mol. The minimum atomic E-state index is -4.60. The Labute approximate surface area is 214 Å². The number of nitro benzene ring substituents is 1. The van der Waals surface area contributed by atoms with E-state index in [1.807, 2.05) is 0 Å². The molecule has 0 saturated carbocycles. The maximum absolute atomic E-state index is 12.9. The topological polar surface area (TPSA) is 108 Å². The summed E-state index contributed by atoms with van der Waals surface area (Å²) in [6.07, 6.45) is -5.10. The SMILES string of the molecule is CCOC(=O)C(NC(=O)Cc1cc(Oc2ccc(C(F)(F)F)cc2Cl)ccc1[N+](=O)[O-])c1ccccc1. The van der Waals surface area contributed by atoms with Gasteiger partial charge in [0.15, 0.2) is 6.04 Å². The number of hydrogen-bond acceptors (Lipinski definition) is 6. The van der Waals surface area contributed by atoms with Crippen LogP contribution in [0.15, 0.2) is 66.7 Å². The second kappa shape index (κ2) is 11.7. The fourth-order valence-corrected chi connectivity index (χ4v) is 3.59. The number of benzene rings is 3. The van der Waals surface area contributed by atoms with Gasteiger partial charge in [0, 0.05) is 11.6 Å². The third kappa shape index (κ3) is 7.20. The van der Waals surface area contributed by atoms with Crippen LogP contribution in [-0.4, -0.2) is 23.4 Å². The monoisotopic (exact) mass is 536 g/mol. The maximum atomic E-state index is 12.9. The summed E-state index contributed by atoms with van der Waals surface area (Å²) < 4.78 is 49.2. The smallest absolute Gasteiger partial charge is 0.416 e. The molecule has 0 radical (unpaired) electrons.